The van der Waals surface area contributed by atoms with E-state index in [9.17, 15) is 4.79 Å². The fourth-order valence-corrected chi connectivity index (χ4v) is 4.26. The number of nitrogens with zero attached hydrogens (tertiary/aromatic N) is 4. The molecule has 0 unspecified atom stereocenters. The molecule has 1 amide bonds. The van der Waals surface area contributed by atoms with E-state index < -0.39 is 11.7 Å². The summed E-state index contributed by atoms with van der Waals surface area (Å²) in [5.41, 5.74) is 3.33. The lowest BCUT2D eigenvalue weighted by atomic mass is 9.98. The second kappa shape index (κ2) is 9.07. The first kappa shape index (κ1) is 21.2. The van der Waals surface area contributed by atoms with E-state index in [0.717, 1.165) is 31.1 Å². The van der Waals surface area contributed by atoms with Gasteiger partial charge in [0.25, 0.3) is 5.91 Å². The molecule has 1 aromatic carbocycles. The van der Waals surface area contributed by atoms with Crippen molar-refractivity contribution in [2.45, 2.75) is 26.3 Å². The summed E-state index contributed by atoms with van der Waals surface area (Å²) in [6.45, 7) is 5.22. The molecule has 3 aromatic heterocycles. The zero-order valence-corrected chi connectivity index (χ0v) is 18.4. The largest absolute Gasteiger partial charge is 0.319 e. The number of halogens is 1. The molecule has 168 valence electrons. The number of nitrogens with one attached hydrogen (secondary N) is 2. The highest BCUT2D eigenvalue weighted by atomic mass is 19.1. The number of rotatable bonds is 5. The molecule has 0 bridgehead atoms. The molecule has 0 saturated carbocycles. The first-order valence-electron chi connectivity index (χ1n) is 11.1. The van der Waals surface area contributed by atoms with Gasteiger partial charge in [-0.2, -0.15) is 5.10 Å². The molecule has 33 heavy (non-hydrogen) atoms. The normalized spacial score (nSPS) is 15.1. The predicted molar refractivity (Wildman–Crippen MR) is 125 cm³/mol. The van der Waals surface area contributed by atoms with Crippen molar-refractivity contribution >= 4 is 22.5 Å². The predicted octanol–water partition coefficient (Wildman–Crippen LogP) is 4.64. The summed E-state index contributed by atoms with van der Waals surface area (Å²) in [7, 11) is 0. The molecule has 5 rings (SSSR count). The average Bonchev–Trinajstić information content (AvgIpc) is 3.24. The molecule has 1 fully saturated rings. The van der Waals surface area contributed by atoms with Crippen molar-refractivity contribution in [3.63, 3.8) is 0 Å². The Labute approximate surface area is 191 Å². The number of piperidine rings is 1. The molecule has 1 aliphatic rings. The number of anilines is 1. The van der Waals surface area contributed by atoms with Gasteiger partial charge in [-0.15, -0.1) is 0 Å². The Balaban J connectivity index is 1.43. The highest BCUT2D eigenvalue weighted by Crippen LogP contribution is 2.29. The Hall–Kier alpha value is -3.65. The summed E-state index contributed by atoms with van der Waals surface area (Å²) < 4.78 is 15.0. The van der Waals surface area contributed by atoms with E-state index in [1.54, 1.807) is 36.8 Å². The van der Waals surface area contributed by atoms with E-state index in [1.165, 1.54) is 18.9 Å². The average molecular weight is 445 g/mol. The van der Waals surface area contributed by atoms with E-state index in [0.29, 0.717) is 27.7 Å². The van der Waals surface area contributed by atoms with Gasteiger partial charge in [-0.3, -0.25) is 24.8 Å². The molecular weight excluding hydrogens is 419 g/mol. The van der Waals surface area contributed by atoms with Gasteiger partial charge in [-0.05, 0) is 61.7 Å². The van der Waals surface area contributed by atoms with Gasteiger partial charge in [-0.25, -0.2) is 4.39 Å². The third-order valence-electron chi connectivity index (χ3n) is 6.17. The third-order valence-corrected chi connectivity index (χ3v) is 6.17. The van der Waals surface area contributed by atoms with Gasteiger partial charge >= 0.3 is 0 Å². The fourth-order valence-electron chi connectivity index (χ4n) is 4.26. The van der Waals surface area contributed by atoms with Gasteiger partial charge in [0, 0.05) is 47.7 Å². The number of likely N-dealkylation sites (tertiary alicyclic amines) is 1. The Bertz CT molecular complexity index is 1280. The molecule has 1 aliphatic heterocycles. The summed E-state index contributed by atoms with van der Waals surface area (Å²) in [5.74, 6) is -0.0137. The van der Waals surface area contributed by atoms with Crippen LogP contribution in [0.15, 0.2) is 55.1 Å². The maximum atomic E-state index is 15.0. The van der Waals surface area contributed by atoms with Crippen molar-refractivity contribution in [1.29, 1.82) is 0 Å². The molecule has 0 spiro atoms. The minimum Gasteiger partial charge on any atom is -0.319 e. The van der Waals surface area contributed by atoms with Crippen molar-refractivity contribution in [2.24, 2.45) is 5.92 Å². The number of pyridine rings is 2. The molecule has 7 nitrogen and oxygen atoms in total. The maximum absolute atomic E-state index is 15.0. The fraction of sp³-hybridized carbons (Fsp3) is 0.280. The van der Waals surface area contributed by atoms with E-state index in [-0.39, 0.29) is 5.69 Å². The first-order valence-corrected chi connectivity index (χ1v) is 11.1. The third kappa shape index (κ3) is 4.61. The Morgan fingerprint density at radius 3 is 2.82 bits per heavy atom. The molecular formula is C25H25FN6O. The van der Waals surface area contributed by atoms with E-state index >= 15 is 4.39 Å². The molecule has 0 radical (unpaired) electrons. The summed E-state index contributed by atoms with van der Waals surface area (Å²) in [4.78, 5) is 23.6. The van der Waals surface area contributed by atoms with Gasteiger partial charge in [-0.1, -0.05) is 6.92 Å². The van der Waals surface area contributed by atoms with Gasteiger partial charge in [0.1, 0.15) is 5.82 Å². The van der Waals surface area contributed by atoms with Gasteiger partial charge in [0.2, 0.25) is 0 Å². The second-order valence-corrected chi connectivity index (χ2v) is 8.69. The maximum Gasteiger partial charge on any atom is 0.276 e. The zero-order chi connectivity index (χ0) is 22.8. The van der Waals surface area contributed by atoms with Crippen LogP contribution < -0.4 is 5.32 Å². The van der Waals surface area contributed by atoms with E-state index in [1.807, 2.05) is 12.3 Å². The Kier molecular flexibility index (Phi) is 5.83. The molecule has 8 heteroatoms. The number of aromatic amines is 1. The summed E-state index contributed by atoms with van der Waals surface area (Å²) in [6, 6.07) is 8.48. The van der Waals surface area contributed by atoms with Crippen LogP contribution in [0.25, 0.3) is 22.0 Å². The van der Waals surface area contributed by atoms with E-state index in [4.69, 9.17) is 0 Å². The van der Waals surface area contributed by atoms with Crippen molar-refractivity contribution in [1.82, 2.24) is 25.1 Å². The molecule has 2 N–H and O–H groups in total. The number of hydrogen-bond acceptors (Lipinski definition) is 5. The number of hydrogen-bond donors (Lipinski definition) is 2. The van der Waals surface area contributed by atoms with Crippen LogP contribution in [0.4, 0.5) is 10.1 Å². The molecule has 1 saturated heterocycles. The number of carbonyl (C=O) groups is 1. The van der Waals surface area contributed by atoms with Crippen molar-refractivity contribution in [3.05, 3.63) is 72.2 Å². The van der Waals surface area contributed by atoms with Crippen LogP contribution in [0.1, 0.15) is 35.8 Å². The van der Waals surface area contributed by atoms with Crippen LogP contribution in [-0.4, -0.2) is 44.1 Å². The lowest BCUT2D eigenvalue weighted by Crippen LogP contribution is -2.32. The number of fused-ring (bicyclic) bond motifs is 1. The SMILES string of the molecule is CC1CCN(Cc2cncc(-c3cc4c(C(=O)Nc5cccnc5)n[nH]c4cc3F)c2)CC1. The Morgan fingerprint density at radius 2 is 2.03 bits per heavy atom. The second-order valence-electron chi connectivity index (χ2n) is 8.69. The highest BCUT2D eigenvalue weighted by Gasteiger charge is 2.19. The molecule has 0 aliphatic carbocycles. The molecule has 4 heterocycles. The number of carbonyl (C=O) groups excluding carboxylic acids is 1. The summed E-state index contributed by atoms with van der Waals surface area (Å²) in [5, 5.41) is 10.2. The number of amides is 1. The van der Waals surface area contributed by atoms with Gasteiger partial charge < -0.3 is 5.32 Å². The van der Waals surface area contributed by atoms with Crippen LogP contribution in [0.3, 0.4) is 0 Å². The van der Waals surface area contributed by atoms with Crippen LogP contribution in [0, 0.1) is 11.7 Å². The van der Waals surface area contributed by atoms with Crippen molar-refractivity contribution in [3.8, 4) is 11.1 Å². The molecule has 0 atom stereocenters. The number of benzene rings is 1. The highest BCUT2D eigenvalue weighted by molar-refractivity contribution is 6.11. The van der Waals surface area contributed by atoms with Crippen molar-refractivity contribution < 1.29 is 9.18 Å². The van der Waals surface area contributed by atoms with Gasteiger partial charge in [0.05, 0.1) is 17.4 Å². The Morgan fingerprint density at radius 1 is 1.18 bits per heavy atom. The zero-order valence-electron chi connectivity index (χ0n) is 18.4. The minimum atomic E-state index is -0.392. The van der Waals surface area contributed by atoms with Gasteiger partial charge in [0.15, 0.2) is 5.69 Å². The van der Waals surface area contributed by atoms with Crippen LogP contribution in [0.5, 0.6) is 0 Å². The van der Waals surface area contributed by atoms with Crippen molar-refractivity contribution in [2.75, 3.05) is 18.4 Å². The van der Waals surface area contributed by atoms with Crippen LogP contribution in [0.2, 0.25) is 0 Å². The minimum absolute atomic E-state index is 0.196. The first-order chi connectivity index (χ1) is 16.1. The number of aromatic nitrogens is 4. The standard InChI is InChI=1S/C25H25FN6O/c1-16-4-7-32(8-5-16)15-17-9-18(13-28-12-17)20-10-21-23(11-22(20)26)30-31-24(21)25(33)29-19-3-2-6-27-14-19/h2-3,6,9-14,16H,4-5,7-8,15H2,1H3,(H,29,33)(H,30,31). The van der Waals surface area contributed by atoms with Crippen LogP contribution >= 0.6 is 0 Å². The number of H-pyrrole nitrogens is 1. The van der Waals surface area contributed by atoms with Crippen LogP contribution in [-0.2, 0) is 6.54 Å². The quantitative estimate of drug-likeness (QED) is 0.468. The topological polar surface area (TPSA) is 86.8 Å². The summed E-state index contributed by atoms with van der Waals surface area (Å²) in [6.07, 6.45) is 9.07. The lowest BCUT2D eigenvalue weighted by Gasteiger charge is -2.30. The monoisotopic (exact) mass is 444 g/mol. The summed E-state index contributed by atoms with van der Waals surface area (Å²) >= 11 is 0. The smallest absolute Gasteiger partial charge is 0.276 e. The molecule has 4 aromatic rings. The lowest BCUT2D eigenvalue weighted by molar-refractivity contribution is 0.102. The van der Waals surface area contributed by atoms with E-state index in [2.05, 4.69) is 37.3 Å².